The number of hydrogen-bond donors (Lipinski definition) is 1. The molecular formula is C33H35N3O4. The Morgan fingerprint density at radius 1 is 0.950 bits per heavy atom. The number of nitrogens with one attached hydrogen (secondary N) is 1. The van der Waals surface area contributed by atoms with Crippen LogP contribution in [0.4, 0.5) is 5.69 Å². The average Bonchev–Trinajstić information content (AvgIpc) is 2.98. The van der Waals surface area contributed by atoms with Crippen molar-refractivity contribution in [1.29, 1.82) is 0 Å². The second kappa shape index (κ2) is 12.8. The Bertz CT molecular complexity index is 1540. The normalized spacial score (nSPS) is 10.9. The molecule has 0 radical (unpaired) electrons. The molecule has 0 aliphatic carbocycles. The highest BCUT2D eigenvalue weighted by molar-refractivity contribution is 6.07. The summed E-state index contributed by atoms with van der Waals surface area (Å²) in [5, 5.41) is 3.81. The van der Waals surface area contributed by atoms with E-state index in [0.29, 0.717) is 47.0 Å². The molecule has 0 unspecified atom stereocenters. The smallest absolute Gasteiger partial charge is 0.252 e. The van der Waals surface area contributed by atoms with Crippen molar-refractivity contribution in [3.8, 4) is 22.6 Å². The summed E-state index contributed by atoms with van der Waals surface area (Å²) in [6.07, 6.45) is 4.01. The lowest BCUT2D eigenvalue weighted by atomic mass is 9.99. The summed E-state index contributed by atoms with van der Waals surface area (Å²) in [6, 6.07) is 21.6. The lowest BCUT2D eigenvalue weighted by molar-refractivity contribution is 0.0955. The summed E-state index contributed by atoms with van der Waals surface area (Å²) in [7, 11) is 7.23. The van der Waals surface area contributed by atoms with Gasteiger partial charge in [-0.1, -0.05) is 36.9 Å². The standard InChI is InChI=1S/C33H35N3O4/c1-7-18-40-22(2)30-21-28(33(37)34-17-16-23-8-12-26(13-9-23)36(3)4)27-19-24(10-14-29(27)35-30)25-11-15-31(38-5)32(20-25)39-6/h7-15,18-21H,2,16-17H2,1,3-6H3,(H,34,37)/b18-7-. The highest BCUT2D eigenvalue weighted by Gasteiger charge is 2.16. The summed E-state index contributed by atoms with van der Waals surface area (Å²) in [5.74, 6) is 1.44. The van der Waals surface area contributed by atoms with Crippen LogP contribution in [0.5, 0.6) is 11.5 Å². The molecule has 7 heteroatoms. The van der Waals surface area contributed by atoms with Gasteiger partial charge in [-0.2, -0.15) is 0 Å². The largest absolute Gasteiger partial charge is 0.493 e. The Morgan fingerprint density at radius 3 is 2.33 bits per heavy atom. The number of fused-ring (bicyclic) bond motifs is 1. The van der Waals surface area contributed by atoms with Crippen LogP contribution in [0.15, 0.2) is 85.6 Å². The topological polar surface area (TPSA) is 72.9 Å². The summed E-state index contributed by atoms with van der Waals surface area (Å²) in [6.45, 7) is 6.34. The second-order valence-corrected chi connectivity index (χ2v) is 9.43. The summed E-state index contributed by atoms with van der Waals surface area (Å²) < 4.78 is 16.4. The molecule has 4 aromatic rings. The number of methoxy groups -OCH3 is 2. The summed E-state index contributed by atoms with van der Waals surface area (Å²) >= 11 is 0. The first-order chi connectivity index (χ1) is 19.3. The number of carbonyl (C=O) groups excluding carboxylic acids is 1. The third kappa shape index (κ3) is 6.43. The predicted octanol–water partition coefficient (Wildman–Crippen LogP) is 6.48. The van der Waals surface area contributed by atoms with E-state index < -0.39 is 0 Å². The minimum atomic E-state index is -0.193. The first-order valence-electron chi connectivity index (χ1n) is 13.0. The quantitative estimate of drug-likeness (QED) is 0.221. The van der Waals surface area contributed by atoms with E-state index in [0.717, 1.165) is 27.8 Å². The predicted molar refractivity (Wildman–Crippen MR) is 162 cm³/mol. The number of pyridine rings is 1. The Morgan fingerprint density at radius 2 is 1.65 bits per heavy atom. The van der Waals surface area contributed by atoms with Crippen molar-refractivity contribution < 1.29 is 19.0 Å². The molecule has 0 saturated heterocycles. The lowest BCUT2D eigenvalue weighted by Gasteiger charge is -2.14. The zero-order valence-corrected chi connectivity index (χ0v) is 23.7. The molecule has 3 aromatic carbocycles. The number of allylic oxidation sites excluding steroid dienone is 1. The molecule has 1 heterocycles. The first-order valence-corrected chi connectivity index (χ1v) is 13.0. The van der Waals surface area contributed by atoms with Crippen molar-refractivity contribution >= 4 is 28.3 Å². The maximum Gasteiger partial charge on any atom is 0.252 e. The van der Waals surface area contributed by atoms with Gasteiger partial charge in [0.05, 0.1) is 31.6 Å². The van der Waals surface area contributed by atoms with Crippen LogP contribution in [0, 0.1) is 0 Å². The Hall–Kier alpha value is -4.78. The van der Waals surface area contributed by atoms with Crippen LogP contribution in [0.3, 0.4) is 0 Å². The lowest BCUT2D eigenvalue weighted by Crippen LogP contribution is -2.26. The number of hydrogen-bond acceptors (Lipinski definition) is 6. The van der Waals surface area contributed by atoms with Gasteiger partial charge in [-0.15, -0.1) is 0 Å². The van der Waals surface area contributed by atoms with Gasteiger partial charge in [-0.25, -0.2) is 4.98 Å². The number of rotatable bonds is 11. The molecule has 1 amide bonds. The number of anilines is 1. The fourth-order valence-corrected chi connectivity index (χ4v) is 4.34. The van der Waals surface area contributed by atoms with Gasteiger partial charge in [0.1, 0.15) is 11.5 Å². The zero-order valence-electron chi connectivity index (χ0n) is 23.7. The number of benzene rings is 3. The van der Waals surface area contributed by atoms with E-state index in [9.17, 15) is 4.79 Å². The molecule has 7 nitrogen and oxygen atoms in total. The summed E-state index contributed by atoms with van der Waals surface area (Å²) in [5.41, 5.74) is 5.78. The van der Waals surface area contributed by atoms with Crippen LogP contribution in [-0.4, -0.2) is 45.8 Å². The molecular weight excluding hydrogens is 502 g/mol. The molecule has 206 valence electrons. The van der Waals surface area contributed by atoms with Crippen molar-refractivity contribution in [1.82, 2.24) is 10.3 Å². The molecule has 0 bridgehead atoms. The van der Waals surface area contributed by atoms with Gasteiger partial charge < -0.3 is 24.4 Å². The van der Waals surface area contributed by atoms with Crippen molar-refractivity contribution in [2.45, 2.75) is 13.3 Å². The molecule has 1 aromatic heterocycles. The second-order valence-electron chi connectivity index (χ2n) is 9.43. The Balaban J connectivity index is 1.67. The van der Waals surface area contributed by atoms with Crippen LogP contribution < -0.4 is 19.7 Å². The van der Waals surface area contributed by atoms with Crippen molar-refractivity contribution in [3.05, 3.63) is 102 Å². The van der Waals surface area contributed by atoms with Crippen molar-refractivity contribution in [2.24, 2.45) is 0 Å². The van der Waals surface area contributed by atoms with E-state index >= 15 is 0 Å². The van der Waals surface area contributed by atoms with E-state index in [-0.39, 0.29) is 5.91 Å². The Labute approximate surface area is 235 Å². The van der Waals surface area contributed by atoms with Crippen LogP contribution in [0.1, 0.15) is 28.5 Å². The van der Waals surface area contributed by atoms with Gasteiger partial charge in [0.25, 0.3) is 5.91 Å². The van der Waals surface area contributed by atoms with Crippen LogP contribution >= 0.6 is 0 Å². The fourth-order valence-electron chi connectivity index (χ4n) is 4.34. The SMILES string of the molecule is C=C(O/C=C\C)c1cc(C(=O)NCCc2ccc(N(C)C)cc2)c2cc(-c3ccc(OC)c(OC)c3)ccc2n1. The molecule has 0 aliphatic heterocycles. The maximum absolute atomic E-state index is 13.5. The molecule has 0 fully saturated rings. The van der Waals surface area contributed by atoms with Gasteiger partial charge in [-0.3, -0.25) is 4.79 Å². The molecule has 0 spiro atoms. The van der Waals surface area contributed by atoms with Crippen LogP contribution in [0.25, 0.3) is 27.8 Å². The van der Waals surface area contributed by atoms with Gasteiger partial charge >= 0.3 is 0 Å². The molecule has 4 rings (SSSR count). The zero-order chi connectivity index (χ0) is 28.6. The number of aromatic nitrogens is 1. The molecule has 0 aliphatic rings. The fraction of sp³-hybridized carbons (Fsp3) is 0.212. The van der Waals surface area contributed by atoms with Crippen molar-refractivity contribution in [3.63, 3.8) is 0 Å². The van der Waals surface area contributed by atoms with Gasteiger partial charge in [-0.05, 0) is 72.5 Å². The number of carbonyl (C=O) groups is 1. The number of amides is 1. The van der Waals surface area contributed by atoms with E-state index in [1.165, 1.54) is 6.26 Å². The highest BCUT2D eigenvalue weighted by Crippen LogP contribution is 2.34. The number of nitrogens with zero attached hydrogens (tertiary/aromatic N) is 2. The van der Waals surface area contributed by atoms with E-state index in [1.54, 1.807) is 26.4 Å². The van der Waals surface area contributed by atoms with Gasteiger partial charge in [0.15, 0.2) is 11.5 Å². The van der Waals surface area contributed by atoms with Gasteiger partial charge in [0, 0.05) is 31.7 Å². The molecule has 40 heavy (non-hydrogen) atoms. The van der Waals surface area contributed by atoms with Crippen molar-refractivity contribution in [2.75, 3.05) is 39.8 Å². The Kier molecular flexibility index (Phi) is 9.07. The monoisotopic (exact) mass is 537 g/mol. The molecule has 0 saturated carbocycles. The molecule has 1 N–H and O–H groups in total. The minimum absolute atomic E-state index is 0.193. The van der Waals surface area contributed by atoms with Crippen LogP contribution in [0.2, 0.25) is 0 Å². The van der Waals surface area contributed by atoms with Gasteiger partial charge in [0.2, 0.25) is 0 Å². The third-order valence-electron chi connectivity index (χ3n) is 6.55. The minimum Gasteiger partial charge on any atom is -0.493 e. The number of ether oxygens (including phenoxy) is 3. The summed E-state index contributed by atoms with van der Waals surface area (Å²) in [4.78, 5) is 20.3. The van der Waals surface area contributed by atoms with E-state index in [4.69, 9.17) is 19.2 Å². The van der Waals surface area contributed by atoms with E-state index in [1.807, 2.05) is 57.4 Å². The highest BCUT2D eigenvalue weighted by atomic mass is 16.5. The molecule has 0 atom stereocenters. The maximum atomic E-state index is 13.5. The first kappa shape index (κ1) is 28.2. The average molecular weight is 538 g/mol. The van der Waals surface area contributed by atoms with Crippen LogP contribution in [-0.2, 0) is 11.2 Å². The third-order valence-corrected chi connectivity index (χ3v) is 6.55. The van der Waals surface area contributed by atoms with E-state index in [2.05, 4.69) is 41.1 Å².